The first kappa shape index (κ1) is 20.5. The molecule has 4 aromatic rings. The van der Waals surface area contributed by atoms with Gasteiger partial charge in [0.05, 0.1) is 9.82 Å². The number of non-ortho nitro benzene ring substituents is 1. The van der Waals surface area contributed by atoms with Crippen LogP contribution in [0.4, 0.5) is 5.69 Å². The number of aromatic nitrogens is 1. The number of benzene rings is 3. The molecule has 0 radical (unpaired) electrons. The number of hydrogen-bond donors (Lipinski definition) is 0. The summed E-state index contributed by atoms with van der Waals surface area (Å²) in [4.78, 5) is 23.4. The summed E-state index contributed by atoms with van der Waals surface area (Å²) in [6, 6.07) is 20.6. The van der Waals surface area contributed by atoms with Crippen LogP contribution in [0.1, 0.15) is 16.8 Å². The normalized spacial score (nSPS) is 11.5. The Hall–Kier alpha value is -3.78. The number of hydrogen-bond acceptors (Lipinski definition) is 5. The lowest BCUT2D eigenvalue weighted by molar-refractivity contribution is -0.384. The van der Waals surface area contributed by atoms with E-state index < -0.39 is 20.5 Å². The van der Waals surface area contributed by atoms with Crippen LogP contribution in [0, 0.1) is 17.0 Å². The van der Waals surface area contributed by atoms with Gasteiger partial charge in [-0.05, 0) is 42.1 Å². The van der Waals surface area contributed by atoms with Gasteiger partial charge in [0.15, 0.2) is 0 Å². The number of pyridine rings is 1. The molecule has 0 saturated carbocycles. The molecule has 4 rings (SSSR count). The zero-order chi connectivity index (χ0) is 22.2. The van der Waals surface area contributed by atoms with Crippen LogP contribution >= 0.6 is 0 Å². The second-order valence-electron chi connectivity index (χ2n) is 7.21. The molecule has 0 aliphatic heterocycles. The maximum Gasteiger partial charge on any atom is 0.272 e. The first-order chi connectivity index (χ1) is 14.8. The molecule has 7 nitrogen and oxygen atoms in total. The molecular weight excluding hydrogens is 416 g/mol. The van der Waals surface area contributed by atoms with Gasteiger partial charge in [-0.15, -0.1) is 0 Å². The molecule has 1 aromatic heterocycles. The van der Waals surface area contributed by atoms with Gasteiger partial charge in [0.2, 0.25) is 0 Å². The van der Waals surface area contributed by atoms with Gasteiger partial charge in [-0.25, -0.2) is 12.4 Å². The molecule has 1 heterocycles. The zero-order valence-corrected chi connectivity index (χ0v) is 17.4. The minimum absolute atomic E-state index is 0.194. The summed E-state index contributed by atoms with van der Waals surface area (Å²) in [5.74, 6) is 0. The number of nitro benzene ring substituents is 1. The third-order valence-corrected chi connectivity index (χ3v) is 6.80. The van der Waals surface area contributed by atoms with Crippen molar-refractivity contribution in [3.63, 3.8) is 0 Å². The van der Waals surface area contributed by atoms with E-state index in [1.807, 2.05) is 31.2 Å². The van der Waals surface area contributed by atoms with E-state index in [1.54, 1.807) is 30.3 Å². The Kier molecular flexibility index (Phi) is 5.16. The van der Waals surface area contributed by atoms with Crippen LogP contribution in [-0.2, 0) is 16.4 Å². The van der Waals surface area contributed by atoms with Crippen LogP contribution in [0.25, 0.3) is 10.8 Å². The van der Waals surface area contributed by atoms with Gasteiger partial charge in [0.25, 0.3) is 21.3 Å². The fraction of sp³-hybridized carbons (Fsp3) is 0.0870. The molecule has 0 bridgehead atoms. The largest absolute Gasteiger partial charge is 0.272 e. The molecule has 0 atom stereocenters. The number of fused-ring (bicyclic) bond motifs is 1. The summed E-state index contributed by atoms with van der Waals surface area (Å²) >= 11 is 0. The van der Waals surface area contributed by atoms with E-state index in [-0.39, 0.29) is 22.4 Å². The average Bonchev–Trinajstić information content (AvgIpc) is 2.75. The predicted molar refractivity (Wildman–Crippen MR) is 118 cm³/mol. The third kappa shape index (κ3) is 3.85. The van der Waals surface area contributed by atoms with Crippen molar-refractivity contribution in [3.05, 3.63) is 116 Å². The van der Waals surface area contributed by atoms with E-state index in [4.69, 9.17) is 0 Å². The van der Waals surface area contributed by atoms with Crippen molar-refractivity contribution in [1.29, 1.82) is 0 Å². The van der Waals surface area contributed by atoms with Crippen LogP contribution in [-0.4, -0.2) is 17.3 Å². The second kappa shape index (κ2) is 7.81. The topological polar surface area (TPSA) is 99.3 Å². The summed E-state index contributed by atoms with van der Waals surface area (Å²) in [6.07, 6.45) is 0.229. The quantitative estimate of drug-likeness (QED) is 0.349. The fourth-order valence-electron chi connectivity index (χ4n) is 3.44. The third-order valence-electron chi connectivity index (χ3n) is 5.05. The van der Waals surface area contributed by atoms with Crippen molar-refractivity contribution in [2.75, 3.05) is 0 Å². The summed E-state index contributed by atoms with van der Waals surface area (Å²) in [5.41, 5.74) is 1.35. The molecule has 0 unspecified atom stereocenters. The molecule has 0 N–H and O–H groups in total. The van der Waals surface area contributed by atoms with Crippen molar-refractivity contribution in [2.45, 2.75) is 18.2 Å². The molecule has 0 amide bonds. The number of rotatable bonds is 5. The lowest BCUT2D eigenvalue weighted by Gasteiger charge is -2.15. The molecule has 0 aliphatic rings. The monoisotopic (exact) mass is 434 g/mol. The Morgan fingerprint density at radius 2 is 1.58 bits per heavy atom. The summed E-state index contributed by atoms with van der Waals surface area (Å²) < 4.78 is 27.7. The Balaban J connectivity index is 1.94. The lowest BCUT2D eigenvalue weighted by atomic mass is 10.1. The Labute approximate surface area is 178 Å². The Morgan fingerprint density at radius 1 is 0.935 bits per heavy atom. The highest BCUT2D eigenvalue weighted by molar-refractivity contribution is 7.90. The maximum absolute atomic E-state index is 13.4. The van der Waals surface area contributed by atoms with Gasteiger partial charge in [-0.3, -0.25) is 14.9 Å². The van der Waals surface area contributed by atoms with Gasteiger partial charge in [0, 0.05) is 29.6 Å². The number of aryl methyl sites for hydroxylation is 1. The van der Waals surface area contributed by atoms with Gasteiger partial charge < -0.3 is 0 Å². The van der Waals surface area contributed by atoms with Crippen molar-refractivity contribution in [2.24, 2.45) is 0 Å². The highest BCUT2D eigenvalue weighted by atomic mass is 32.2. The van der Waals surface area contributed by atoms with E-state index in [0.717, 1.165) is 39.4 Å². The molecule has 31 heavy (non-hydrogen) atoms. The van der Waals surface area contributed by atoms with Gasteiger partial charge in [-0.1, -0.05) is 48.0 Å². The van der Waals surface area contributed by atoms with Gasteiger partial charge in [0.1, 0.15) is 0 Å². The molecule has 3 aromatic carbocycles. The van der Waals surface area contributed by atoms with E-state index in [9.17, 15) is 23.3 Å². The van der Waals surface area contributed by atoms with Gasteiger partial charge in [-0.2, -0.15) is 0 Å². The standard InChI is InChI=1S/C23H18N2O5S/c1-16-6-8-17(9-7-16)14-20-15-18-4-2-3-5-22(18)23(26)24(20)31(29,30)21-12-10-19(11-13-21)25(27)28/h2-13,15H,14H2,1H3. The average molecular weight is 434 g/mol. The Morgan fingerprint density at radius 3 is 2.23 bits per heavy atom. The van der Waals surface area contributed by atoms with Crippen molar-refractivity contribution in [3.8, 4) is 0 Å². The fourth-order valence-corrected chi connectivity index (χ4v) is 4.88. The SMILES string of the molecule is Cc1ccc(Cc2cc3ccccc3c(=O)n2S(=O)(=O)c2ccc([N+](=O)[O-])cc2)cc1. The highest BCUT2D eigenvalue weighted by Crippen LogP contribution is 2.22. The van der Waals surface area contributed by atoms with Crippen LogP contribution < -0.4 is 5.56 Å². The van der Waals surface area contributed by atoms with E-state index in [2.05, 4.69) is 0 Å². The van der Waals surface area contributed by atoms with Crippen molar-refractivity contribution in [1.82, 2.24) is 3.97 Å². The second-order valence-corrected chi connectivity index (χ2v) is 9.00. The van der Waals surface area contributed by atoms with Crippen LogP contribution in [0.5, 0.6) is 0 Å². The first-order valence-corrected chi connectivity index (χ1v) is 10.9. The highest BCUT2D eigenvalue weighted by Gasteiger charge is 2.24. The summed E-state index contributed by atoms with van der Waals surface area (Å²) in [6.45, 7) is 1.95. The van der Waals surface area contributed by atoms with Crippen molar-refractivity contribution < 1.29 is 13.3 Å². The molecular formula is C23H18N2O5S. The van der Waals surface area contributed by atoms with Crippen molar-refractivity contribution >= 4 is 26.5 Å². The molecule has 8 heteroatoms. The minimum Gasteiger partial charge on any atom is -0.268 e. The first-order valence-electron chi connectivity index (χ1n) is 9.46. The predicted octanol–water partition coefficient (Wildman–Crippen LogP) is 4.05. The van der Waals surface area contributed by atoms with Crippen LogP contribution in [0.2, 0.25) is 0 Å². The number of nitrogens with zero attached hydrogens (tertiary/aromatic N) is 2. The summed E-state index contributed by atoms with van der Waals surface area (Å²) in [5, 5.41) is 11.8. The van der Waals surface area contributed by atoms with Gasteiger partial charge >= 0.3 is 0 Å². The van der Waals surface area contributed by atoms with Crippen LogP contribution in [0.15, 0.2) is 88.6 Å². The maximum atomic E-state index is 13.4. The molecule has 0 saturated heterocycles. The Bertz CT molecular complexity index is 1460. The van der Waals surface area contributed by atoms with E-state index in [0.29, 0.717) is 11.1 Å². The molecule has 0 aliphatic carbocycles. The molecule has 156 valence electrons. The van der Waals surface area contributed by atoms with Crippen LogP contribution in [0.3, 0.4) is 0 Å². The molecule has 0 fully saturated rings. The lowest BCUT2D eigenvalue weighted by Crippen LogP contribution is -2.30. The molecule has 0 spiro atoms. The minimum atomic E-state index is -4.28. The smallest absolute Gasteiger partial charge is 0.268 e. The van der Waals surface area contributed by atoms with E-state index >= 15 is 0 Å². The summed E-state index contributed by atoms with van der Waals surface area (Å²) in [7, 11) is -4.28. The van der Waals surface area contributed by atoms with E-state index in [1.165, 1.54) is 0 Å². The zero-order valence-electron chi connectivity index (χ0n) is 16.6. The number of nitro groups is 1.